The van der Waals surface area contributed by atoms with Crippen molar-refractivity contribution in [1.82, 2.24) is 30.9 Å². The van der Waals surface area contributed by atoms with Gasteiger partial charge in [0.25, 0.3) is 5.91 Å². The number of aromatic nitrogens is 3. The van der Waals surface area contributed by atoms with Gasteiger partial charge in [-0.25, -0.2) is 9.48 Å². The molecular weight excluding hydrogens is 344 g/mol. The molecule has 0 aliphatic heterocycles. The normalized spacial score (nSPS) is 15.1. The van der Waals surface area contributed by atoms with Gasteiger partial charge in [-0.1, -0.05) is 24.5 Å². The summed E-state index contributed by atoms with van der Waals surface area (Å²) in [5.41, 5.74) is 2.07. The van der Waals surface area contributed by atoms with Gasteiger partial charge in [0, 0.05) is 24.2 Å². The first-order valence-electron chi connectivity index (χ1n) is 9.71. The summed E-state index contributed by atoms with van der Waals surface area (Å²) in [4.78, 5) is 24.1. The van der Waals surface area contributed by atoms with Gasteiger partial charge in [-0.3, -0.25) is 4.79 Å². The predicted molar refractivity (Wildman–Crippen MR) is 104 cm³/mol. The van der Waals surface area contributed by atoms with Crippen molar-refractivity contribution in [2.75, 3.05) is 6.54 Å². The molecule has 146 valence electrons. The van der Waals surface area contributed by atoms with Crippen LogP contribution in [0.25, 0.3) is 11.0 Å². The number of urea groups is 1. The molecule has 1 heterocycles. The van der Waals surface area contributed by atoms with Crippen LogP contribution in [0.15, 0.2) is 18.2 Å². The minimum Gasteiger partial charge on any atom is -0.350 e. The average molecular weight is 372 g/mol. The van der Waals surface area contributed by atoms with Gasteiger partial charge in [0.05, 0.1) is 12.1 Å². The summed E-state index contributed by atoms with van der Waals surface area (Å²) in [6.45, 7) is 4.83. The highest BCUT2D eigenvalue weighted by Gasteiger charge is 2.15. The third-order valence-electron chi connectivity index (χ3n) is 4.75. The number of carbonyl (C=O) groups excluding carboxylic acids is 2. The van der Waals surface area contributed by atoms with Crippen LogP contribution < -0.4 is 16.0 Å². The van der Waals surface area contributed by atoms with Gasteiger partial charge in [-0.05, 0) is 44.9 Å². The second-order valence-electron chi connectivity index (χ2n) is 7.38. The highest BCUT2D eigenvalue weighted by Crippen LogP contribution is 2.17. The monoisotopic (exact) mass is 372 g/mol. The Hall–Kier alpha value is -2.64. The molecule has 1 fully saturated rings. The van der Waals surface area contributed by atoms with E-state index in [0.717, 1.165) is 18.4 Å². The van der Waals surface area contributed by atoms with E-state index >= 15 is 0 Å². The summed E-state index contributed by atoms with van der Waals surface area (Å²) >= 11 is 0. The van der Waals surface area contributed by atoms with Crippen LogP contribution in [0.1, 0.15) is 56.3 Å². The Morgan fingerprint density at radius 2 is 2.00 bits per heavy atom. The fourth-order valence-electron chi connectivity index (χ4n) is 3.38. The van der Waals surface area contributed by atoms with E-state index in [2.05, 4.69) is 26.3 Å². The maximum atomic E-state index is 12.1. The molecule has 0 saturated heterocycles. The molecule has 0 radical (unpaired) electrons. The Bertz CT molecular complexity index is 795. The smallest absolute Gasteiger partial charge is 0.315 e. The molecule has 1 aromatic heterocycles. The summed E-state index contributed by atoms with van der Waals surface area (Å²) < 4.78 is 1.74. The predicted octanol–water partition coefficient (Wildman–Crippen LogP) is 2.20. The Morgan fingerprint density at radius 3 is 2.74 bits per heavy atom. The van der Waals surface area contributed by atoms with Crippen molar-refractivity contribution < 1.29 is 9.59 Å². The number of hydrogen-bond acceptors (Lipinski definition) is 4. The van der Waals surface area contributed by atoms with Gasteiger partial charge in [0.2, 0.25) is 0 Å². The van der Waals surface area contributed by atoms with E-state index in [0.29, 0.717) is 30.2 Å². The maximum Gasteiger partial charge on any atom is 0.315 e. The van der Waals surface area contributed by atoms with Gasteiger partial charge in [-0.15, -0.1) is 5.10 Å². The number of carbonyl (C=O) groups is 2. The largest absolute Gasteiger partial charge is 0.350 e. The van der Waals surface area contributed by atoms with Crippen molar-refractivity contribution in [2.24, 2.45) is 0 Å². The van der Waals surface area contributed by atoms with E-state index in [1.165, 1.54) is 19.3 Å². The molecule has 1 aliphatic carbocycles. The number of rotatable bonds is 6. The van der Waals surface area contributed by atoms with E-state index in [1.54, 1.807) is 16.8 Å². The number of nitrogens with zero attached hydrogens (tertiary/aromatic N) is 3. The number of amides is 3. The summed E-state index contributed by atoms with van der Waals surface area (Å²) in [5, 5.41) is 17.0. The van der Waals surface area contributed by atoms with Crippen LogP contribution in [0.3, 0.4) is 0 Å². The Kier molecular flexibility index (Phi) is 6.26. The standard InChI is InChI=1S/C19H28N6O2/c1-13(2)21-18(26)14-8-9-17-16(12-14)23-24-25(17)11-10-20-19(27)22-15-6-4-3-5-7-15/h8-9,12-13,15H,3-7,10-11H2,1-2H3,(H,21,26)(H2,20,22,27). The average Bonchev–Trinajstić information content (AvgIpc) is 3.04. The summed E-state index contributed by atoms with van der Waals surface area (Å²) in [6.07, 6.45) is 5.77. The van der Waals surface area contributed by atoms with Crippen molar-refractivity contribution in [1.29, 1.82) is 0 Å². The van der Waals surface area contributed by atoms with Crippen molar-refractivity contribution >= 4 is 23.0 Å². The first-order valence-corrected chi connectivity index (χ1v) is 9.71. The van der Waals surface area contributed by atoms with E-state index < -0.39 is 0 Å². The maximum absolute atomic E-state index is 12.1. The fraction of sp³-hybridized carbons (Fsp3) is 0.579. The molecule has 3 rings (SSSR count). The molecule has 2 aromatic rings. The molecule has 8 nitrogen and oxygen atoms in total. The van der Waals surface area contributed by atoms with E-state index in [4.69, 9.17) is 0 Å². The van der Waals surface area contributed by atoms with Gasteiger partial charge >= 0.3 is 6.03 Å². The summed E-state index contributed by atoms with van der Waals surface area (Å²) in [7, 11) is 0. The SMILES string of the molecule is CC(C)NC(=O)c1ccc2c(c1)nnn2CCNC(=O)NC1CCCCC1. The van der Waals surface area contributed by atoms with Crippen LogP contribution in [0, 0.1) is 0 Å². The molecule has 8 heteroatoms. The molecule has 3 N–H and O–H groups in total. The zero-order chi connectivity index (χ0) is 19.2. The second kappa shape index (κ2) is 8.83. The molecular formula is C19H28N6O2. The van der Waals surface area contributed by atoms with Crippen LogP contribution in [0.2, 0.25) is 0 Å². The van der Waals surface area contributed by atoms with Crippen molar-refractivity contribution in [2.45, 2.75) is 64.6 Å². The van der Waals surface area contributed by atoms with Crippen LogP contribution in [0.5, 0.6) is 0 Å². The van der Waals surface area contributed by atoms with Gasteiger partial charge in [0.15, 0.2) is 0 Å². The van der Waals surface area contributed by atoms with Gasteiger partial charge in [-0.2, -0.15) is 0 Å². The Morgan fingerprint density at radius 1 is 1.22 bits per heavy atom. The lowest BCUT2D eigenvalue weighted by atomic mass is 9.96. The number of nitrogens with one attached hydrogen (secondary N) is 3. The third-order valence-corrected chi connectivity index (χ3v) is 4.75. The van der Waals surface area contributed by atoms with Crippen molar-refractivity contribution in [3.63, 3.8) is 0 Å². The lowest BCUT2D eigenvalue weighted by molar-refractivity contribution is 0.0943. The molecule has 3 amide bonds. The van der Waals surface area contributed by atoms with Crippen LogP contribution >= 0.6 is 0 Å². The first-order chi connectivity index (χ1) is 13.0. The van der Waals surface area contributed by atoms with Gasteiger partial charge < -0.3 is 16.0 Å². The number of fused-ring (bicyclic) bond motifs is 1. The van der Waals surface area contributed by atoms with E-state index in [1.807, 2.05) is 19.9 Å². The molecule has 27 heavy (non-hydrogen) atoms. The minimum atomic E-state index is -0.126. The minimum absolute atomic E-state index is 0.0784. The van der Waals surface area contributed by atoms with Crippen LogP contribution in [-0.4, -0.2) is 45.6 Å². The Labute approximate surface area is 159 Å². The highest BCUT2D eigenvalue weighted by molar-refractivity contribution is 5.97. The molecule has 1 aliphatic rings. The molecule has 0 atom stereocenters. The lowest BCUT2D eigenvalue weighted by Gasteiger charge is -2.22. The van der Waals surface area contributed by atoms with E-state index in [-0.39, 0.29) is 18.0 Å². The van der Waals surface area contributed by atoms with Crippen LogP contribution in [-0.2, 0) is 6.54 Å². The fourth-order valence-corrected chi connectivity index (χ4v) is 3.38. The van der Waals surface area contributed by atoms with E-state index in [9.17, 15) is 9.59 Å². The molecule has 0 unspecified atom stereocenters. The summed E-state index contributed by atoms with van der Waals surface area (Å²) in [5.74, 6) is -0.123. The van der Waals surface area contributed by atoms with Crippen LogP contribution in [0.4, 0.5) is 4.79 Å². The zero-order valence-corrected chi connectivity index (χ0v) is 16.0. The molecule has 0 bridgehead atoms. The quantitative estimate of drug-likeness (QED) is 0.723. The molecule has 1 aromatic carbocycles. The number of benzene rings is 1. The topological polar surface area (TPSA) is 101 Å². The third kappa shape index (κ3) is 5.18. The Balaban J connectivity index is 1.53. The molecule has 1 saturated carbocycles. The second-order valence-corrected chi connectivity index (χ2v) is 7.38. The zero-order valence-electron chi connectivity index (χ0n) is 16.0. The molecule has 0 spiro atoms. The lowest BCUT2D eigenvalue weighted by Crippen LogP contribution is -2.43. The highest BCUT2D eigenvalue weighted by atomic mass is 16.2. The van der Waals surface area contributed by atoms with Crippen molar-refractivity contribution in [3.8, 4) is 0 Å². The van der Waals surface area contributed by atoms with Crippen molar-refractivity contribution in [3.05, 3.63) is 23.8 Å². The van der Waals surface area contributed by atoms with Gasteiger partial charge in [0.1, 0.15) is 5.52 Å². The number of hydrogen-bond donors (Lipinski definition) is 3. The summed E-state index contributed by atoms with van der Waals surface area (Å²) in [6, 6.07) is 5.59. The first kappa shape index (κ1) is 19.1.